The van der Waals surface area contributed by atoms with Crippen molar-refractivity contribution < 1.29 is 18.4 Å². The molecule has 2 aromatic carbocycles. The van der Waals surface area contributed by atoms with Gasteiger partial charge in [-0.1, -0.05) is 30.3 Å². The Hall–Kier alpha value is -3.34. The molecule has 0 bridgehead atoms. The Labute approximate surface area is 136 Å². The zero-order valence-corrected chi connectivity index (χ0v) is 12.5. The third kappa shape index (κ3) is 2.46. The van der Waals surface area contributed by atoms with Gasteiger partial charge in [0, 0.05) is 22.4 Å². The van der Waals surface area contributed by atoms with E-state index in [0.29, 0.717) is 16.5 Å². The summed E-state index contributed by atoms with van der Waals surface area (Å²) in [6.07, 6.45) is 1.52. The van der Waals surface area contributed by atoms with Crippen LogP contribution in [-0.2, 0) is 0 Å². The highest BCUT2D eigenvalue weighted by Gasteiger charge is 2.16. The van der Waals surface area contributed by atoms with Gasteiger partial charge in [-0.25, -0.2) is 4.79 Å². The lowest BCUT2D eigenvalue weighted by Gasteiger charge is -2.08. The quantitative estimate of drug-likeness (QED) is 0.422. The van der Waals surface area contributed by atoms with E-state index in [0.717, 1.165) is 5.39 Å². The number of benzene rings is 2. The SMILES string of the molecule is O=C(COc1c2occc2cc2ccc(=O)oc12)c1ccccc1. The maximum Gasteiger partial charge on any atom is 0.336 e. The van der Waals surface area contributed by atoms with Gasteiger partial charge in [0.2, 0.25) is 5.75 Å². The molecule has 2 aromatic heterocycles. The van der Waals surface area contributed by atoms with Crippen molar-refractivity contribution in [2.45, 2.75) is 0 Å². The average Bonchev–Trinajstić information content (AvgIpc) is 3.07. The van der Waals surface area contributed by atoms with Crippen LogP contribution in [0.5, 0.6) is 5.75 Å². The second-order valence-electron chi connectivity index (χ2n) is 5.30. The molecule has 0 N–H and O–H groups in total. The highest BCUT2D eigenvalue weighted by molar-refractivity contribution is 6.01. The first-order valence-corrected chi connectivity index (χ1v) is 7.37. The molecule has 0 saturated heterocycles. The van der Waals surface area contributed by atoms with E-state index in [-0.39, 0.29) is 23.7 Å². The van der Waals surface area contributed by atoms with E-state index in [4.69, 9.17) is 13.6 Å². The van der Waals surface area contributed by atoms with Gasteiger partial charge in [0.1, 0.15) is 0 Å². The number of Topliss-reactive ketones (excluding diaryl/α,β-unsaturated/α-hetero) is 1. The van der Waals surface area contributed by atoms with Crippen molar-refractivity contribution >= 4 is 27.7 Å². The average molecular weight is 320 g/mol. The first-order chi connectivity index (χ1) is 11.7. The van der Waals surface area contributed by atoms with E-state index >= 15 is 0 Å². The topological polar surface area (TPSA) is 69.7 Å². The van der Waals surface area contributed by atoms with Crippen LogP contribution in [-0.4, -0.2) is 12.4 Å². The van der Waals surface area contributed by atoms with Crippen LogP contribution in [0.4, 0.5) is 0 Å². The van der Waals surface area contributed by atoms with E-state index in [1.54, 1.807) is 36.4 Å². The number of fused-ring (bicyclic) bond motifs is 2. The van der Waals surface area contributed by atoms with Gasteiger partial charge in [-0.05, 0) is 18.2 Å². The molecule has 0 atom stereocenters. The number of ether oxygens (including phenoxy) is 1. The molecule has 24 heavy (non-hydrogen) atoms. The van der Waals surface area contributed by atoms with Crippen LogP contribution in [0, 0.1) is 0 Å². The minimum atomic E-state index is -0.493. The Balaban J connectivity index is 1.76. The Morgan fingerprint density at radius 3 is 2.58 bits per heavy atom. The maximum atomic E-state index is 12.2. The monoisotopic (exact) mass is 320 g/mol. The summed E-state index contributed by atoms with van der Waals surface area (Å²) in [6.45, 7) is -0.183. The number of hydrogen-bond donors (Lipinski definition) is 0. The van der Waals surface area contributed by atoms with Crippen molar-refractivity contribution in [3.8, 4) is 5.75 Å². The van der Waals surface area contributed by atoms with Gasteiger partial charge in [0.25, 0.3) is 0 Å². The summed E-state index contributed by atoms with van der Waals surface area (Å²) in [4.78, 5) is 23.8. The Morgan fingerprint density at radius 1 is 0.958 bits per heavy atom. The van der Waals surface area contributed by atoms with Crippen LogP contribution in [0.15, 0.2) is 74.5 Å². The van der Waals surface area contributed by atoms with Crippen molar-refractivity contribution in [1.82, 2.24) is 0 Å². The van der Waals surface area contributed by atoms with Gasteiger partial charge in [-0.3, -0.25) is 4.79 Å². The van der Waals surface area contributed by atoms with E-state index in [2.05, 4.69) is 0 Å². The van der Waals surface area contributed by atoms with Crippen LogP contribution in [0.2, 0.25) is 0 Å². The van der Waals surface area contributed by atoms with Crippen LogP contribution < -0.4 is 10.4 Å². The molecule has 0 aliphatic rings. The van der Waals surface area contributed by atoms with Crippen LogP contribution >= 0.6 is 0 Å². The molecule has 118 valence electrons. The van der Waals surface area contributed by atoms with Gasteiger partial charge >= 0.3 is 5.63 Å². The highest BCUT2D eigenvalue weighted by atomic mass is 16.5. The summed E-state index contributed by atoms with van der Waals surface area (Å²) in [5.41, 5.74) is 0.769. The number of furan rings is 1. The number of hydrogen-bond acceptors (Lipinski definition) is 5. The van der Waals surface area contributed by atoms with Crippen molar-refractivity contribution in [3.63, 3.8) is 0 Å². The zero-order chi connectivity index (χ0) is 16.5. The Morgan fingerprint density at radius 2 is 1.75 bits per heavy atom. The molecule has 0 spiro atoms. The highest BCUT2D eigenvalue weighted by Crippen LogP contribution is 2.34. The van der Waals surface area contributed by atoms with Gasteiger partial charge in [0.15, 0.2) is 23.6 Å². The fourth-order valence-corrected chi connectivity index (χ4v) is 2.58. The van der Waals surface area contributed by atoms with Crippen molar-refractivity contribution in [1.29, 1.82) is 0 Å². The maximum absolute atomic E-state index is 12.2. The molecule has 2 heterocycles. The summed E-state index contributed by atoms with van der Waals surface area (Å²) in [6, 6.07) is 15.5. The molecule has 4 rings (SSSR count). The number of carbonyl (C=O) groups is 1. The lowest BCUT2D eigenvalue weighted by atomic mass is 10.1. The molecular weight excluding hydrogens is 308 g/mol. The molecule has 0 amide bonds. The summed E-state index contributed by atoms with van der Waals surface area (Å²) >= 11 is 0. The molecule has 0 fully saturated rings. The first-order valence-electron chi connectivity index (χ1n) is 7.37. The number of ketones is 1. The minimum absolute atomic E-state index is 0.175. The largest absolute Gasteiger partial charge is 0.478 e. The minimum Gasteiger partial charge on any atom is -0.478 e. The van der Waals surface area contributed by atoms with Crippen LogP contribution in [0.3, 0.4) is 0 Å². The van der Waals surface area contributed by atoms with E-state index in [1.165, 1.54) is 12.3 Å². The summed E-state index contributed by atoms with van der Waals surface area (Å²) < 4.78 is 16.4. The van der Waals surface area contributed by atoms with Crippen molar-refractivity contribution in [2.24, 2.45) is 0 Å². The third-order valence-electron chi connectivity index (χ3n) is 3.73. The van der Waals surface area contributed by atoms with Crippen molar-refractivity contribution in [2.75, 3.05) is 6.61 Å². The van der Waals surface area contributed by atoms with E-state index in [1.807, 2.05) is 12.1 Å². The molecular formula is C19H12O5. The molecule has 0 aliphatic carbocycles. The smallest absolute Gasteiger partial charge is 0.336 e. The predicted molar refractivity (Wildman–Crippen MR) is 88.5 cm³/mol. The molecule has 0 unspecified atom stereocenters. The molecule has 4 aromatic rings. The predicted octanol–water partition coefficient (Wildman–Crippen LogP) is 3.80. The Kier molecular flexibility index (Phi) is 3.39. The van der Waals surface area contributed by atoms with Crippen LogP contribution in [0.25, 0.3) is 21.9 Å². The van der Waals surface area contributed by atoms with E-state index in [9.17, 15) is 9.59 Å². The second-order valence-corrected chi connectivity index (χ2v) is 5.30. The normalized spacial score (nSPS) is 11.0. The van der Waals surface area contributed by atoms with Gasteiger partial charge in [-0.15, -0.1) is 0 Å². The lowest BCUT2D eigenvalue weighted by molar-refractivity contribution is 0.0922. The summed E-state index contributed by atoms with van der Waals surface area (Å²) in [5.74, 6) is 0.0834. The van der Waals surface area contributed by atoms with Gasteiger partial charge in [-0.2, -0.15) is 0 Å². The molecule has 0 radical (unpaired) electrons. The zero-order valence-electron chi connectivity index (χ0n) is 12.5. The van der Waals surface area contributed by atoms with Crippen LogP contribution in [0.1, 0.15) is 10.4 Å². The van der Waals surface area contributed by atoms with Crippen molar-refractivity contribution in [3.05, 3.63) is 76.8 Å². The second kappa shape index (κ2) is 5.70. The molecule has 0 aliphatic heterocycles. The molecule has 5 heteroatoms. The van der Waals surface area contributed by atoms with E-state index < -0.39 is 5.63 Å². The number of carbonyl (C=O) groups excluding carboxylic acids is 1. The van der Waals surface area contributed by atoms with Gasteiger partial charge < -0.3 is 13.6 Å². The first kappa shape index (κ1) is 14.3. The Bertz CT molecular complexity index is 1090. The number of rotatable bonds is 4. The molecule has 0 saturated carbocycles. The fraction of sp³-hybridized carbons (Fsp3) is 0.0526. The fourth-order valence-electron chi connectivity index (χ4n) is 2.58. The molecule has 5 nitrogen and oxygen atoms in total. The third-order valence-corrected chi connectivity index (χ3v) is 3.73. The summed E-state index contributed by atoms with van der Waals surface area (Å²) in [5, 5.41) is 1.50. The lowest BCUT2D eigenvalue weighted by Crippen LogP contribution is -2.12. The van der Waals surface area contributed by atoms with Gasteiger partial charge in [0.05, 0.1) is 6.26 Å². The summed E-state index contributed by atoms with van der Waals surface area (Å²) in [7, 11) is 0. The standard InChI is InChI=1S/C19H12O5/c20-15(12-4-2-1-3-5-12)11-23-19-17-14(8-9-22-17)10-13-6-7-16(21)24-18(13)19/h1-10H,11H2.